The molecule has 0 unspecified atom stereocenters. The maximum atomic E-state index is 11.5. The highest BCUT2D eigenvalue weighted by Crippen LogP contribution is 2.40. The molecule has 6 nitrogen and oxygen atoms in total. The average Bonchev–Trinajstić information content (AvgIpc) is 3.48. The highest BCUT2D eigenvalue weighted by molar-refractivity contribution is 5.89. The topological polar surface area (TPSA) is 76.1 Å². The van der Waals surface area contributed by atoms with Gasteiger partial charge in [0, 0.05) is 23.7 Å². The number of aromatic nitrogens is 2. The lowest BCUT2D eigenvalue weighted by Crippen LogP contribution is -2.08. The molecule has 1 aromatic carbocycles. The first-order valence-electron chi connectivity index (χ1n) is 8.32. The molecule has 2 aromatic rings. The first kappa shape index (κ1) is 14.9. The molecule has 2 fully saturated rings. The van der Waals surface area contributed by atoms with E-state index in [1.54, 1.807) is 12.1 Å². The number of rotatable bonds is 6. The van der Waals surface area contributed by atoms with E-state index in [-0.39, 0.29) is 5.97 Å². The van der Waals surface area contributed by atoms with Crippen LogP contribution in [0.5, 0.6) is 0 Å². The molecular formula is C18H20N4O2. The van der Waals surface area contributed by atoms with Gasteiger partial charge in [-0.25, -0.2) is 9.78 Å². The van der Waals surface area contributed by atoms with Gasteiger partial charge in [-0.15, -0.1) is 0 Å². The van der Waals surface area contributed by atoms with Crippen molar-refractivity contribution >= 4 is 23.4 Å². The minimum atomic E-state index is -0.337. The number of anilines is 3. The Morgan fingerprint density at radius 2 is 1.88 bits per heavy atom. The summed E-state index contributed by atoms with van der Waals surface area (Å²) in [7, 11) is 1.38. The van der Waals surface area contributed by atoms with Crippen LogP contribution in [0.15, 0.2) is 30.3 Å². The van der Waals surface area contributed by atoms with Crippen molar-refractivity contribution in [1.29, 1.82) is 0 Å². The summed E-state index contributed by atoms with van der Waals surface area (Å²) in [6.45, 7) is 0. The van der Waals surface area contributed by atoms with Crippen LogP contribution < -0.4 is 10.6 Å². The molecule has 1 heterocycles. The number of carbonyl (C=O) groups excluding carboxylic acids is 1. The van der Waals surface area contributed by atoms with Gasteiger partial charge >= 0.3 is 5.97 Å². The minimum Gasteiger partial charge on any atom is -0.465 e. The highest BCUT2D eigenvalue weighted by atomic mass is 16.5. The van der Waals surface area contributed by atoms with Gasteiger partial charge in [0.1, 0.15) is 5.82 Å². The second kappa shape index (κ2) is 6.11. The third-order valence-corrected chi connectivity index (χ3v) is 4.23. The molecule has 124 valence electrons. The summed E-state index contributed by atoms with van der Waals surface area (Å²) in [5.41, 5.74) is 2.50. The molecule has 2 saturated carbocycles. The number of carbonyl (C=O) groups is 1. The fourth-order valence-corrected chi connectivity index (χ4v) is 2.55. The van der Waals surface area contributed by atoms with Crippen LogP contribution in [0.1, 0.15) is 47.7 Å². The standard InChI is InChI=1S/C18H20N4O2/c1-24-17(23)12-4-6-13(7-5-12)19-16-10-15(11-2-3-11)21-18(22-16)20-14-8-9-14/h4-7,10-11,14H,2-3,8-9H2,1H3,(H2,19,20,21,22). The van der Waals surface area contributed by atoms with Crippen LogP contribution in [-0.2, 0) is 4.74 Å². The molecule has 4 rings (SSSR count). The van der Waals surface area contributed by atoms with E-state index in [0.29, 0.717) is 23.5 Å². The predicted octanol–water partition coefficient (Wildman–Crippen LogP) is 3.46. The summed E-state index contributed by atoms with van der Waals surface area (Å²) in [6, 6.07) is 9.70. The Kier molecular flexibility index (Phi) is 3.80. The Morgan fingerprint density at radius 3 is 2.50 bits per heavy atom. The number of benzene rings is 1. The quantitative estimate of drug-likeness (QED) is 0.793. The van der Waals surface area contributed by atoms with Crippen LogP contribution in [0.4, 0.5) is 17.5 Å². The molecule has 0 atom stereocenters. The minimum absolute atomic E-state index is 0.337. The monoisotopic (exact) mass is 324 g/mol. The van der Waals surface area contributed by atoms with Crippen molar-refractivity contribution in [3.8, 4) is 0 Å². The fourth-order valence-electron chi connectivity index (χ4n) is 2.55. The summed E-state index contributed by atoms with van der Waals surface area (Å²) in [5.74, 6) is 1.71. The van der Waals surface area contributed by atoms with Crippen LogP contribution in [0.3, 0.4) is 0 Å². The summed E-state index contributed by atoms with van der Waals surface area (Å²) < 4.78 is 4.71. The molecule has 2 aliphatic rings. The molecule has 2 N–H and O–H groups in total. The van der Waals surface area contributed by atoms with E-state index in [1.807, 2.05) is 18.2 Å². The summed E-state index contributed by atoms with van der Waals surface area (Å²) in [5, 5.41) is 6.68. The van der Waals surface area contributed by atoms with Crippen molar-refractivity contribution < 1.29 is 9.53 Å². The van der Waals surface area contributed by atoms with Crippen molar-refractivity contribution in [3.05, 3.63) is 41.6 Å². The number of nitrogens with zero attached hydrogens (tertiary/aromatic N) is 2. The van der Waals surface area contributed by atoms with E-state index in [4.69, 9.17) is 4.74 Å². The Morgan fingerprint density at radius 1 is 1.12 bits per heavy atom. The summed E-state index contributed by atoms with van der Waals surface area (Å²) >= 11 is 0. The fraction of sp³-hybridized carbons (Fsp3) is 0.389. The number of esters is 1. The number of hydrogen-bond acceptors (Lipinski definition) is 6. The Hall–Kier alpha value is -2.63. The van der Waals surface area contributed by atoms with E-state index >= 15 is 0 Å². The Labute approximate surface area is 140 Å². The second-order valence-corrected chi connectivity index (χ2v) is 6.39. The maximum Gasteiger partial charge on any atom is 0.337 e. The second-order valence-electron chi connectivity index (χ2n) is 6.39. The molecule has 0 aliphatic heterocycles. The third-order valence-electron chi connectivity index (χ3n) is 4.23. The SMILES string of the molecule is COC(=O)c1ccc(Nc2cc(C3CC3)nc(NC3CC3)n2)cc1. The van der Waals surface area contributed by atoms with Crippen LogP contribution in [0, 0.1) is 0 Å². The van der Waals surface area contributed by atoms with Crippen LogP contribution in [0.2, 0.25) is 0 Å². The molecule has 0 radical (unpaired) electrons. The lowest BCUT2D eigenvalue weighted by Gasteiger charge is -2.11. The van der Waals surface area contributed by atoms with Crippen molar-refractivity contribution in [2.45, 2.75) is 37.6 Å². The summed E-state index contributed by atoms with van der Waals surface area (Å²) in [4.78, 5) is 20.7. The molecular weight excluding hydrogens is 304 g/mol. The van der Waals surface area contributed by atoms with Gasteiger partial charge in [-0.1, -0.05) is 0 Å². The zero-order valence-electron chi connectivity index (χ0n) is 13.6. The number of hydrogen-bond donors (Lipinski definition) is 2. The molecule has 0 amide bonds. The highest BCUT2D eigenvalue weighted by Gasteiger charge is 2.27. The lowest BCUT2D eigenvalue weighted by atomic mass is 10.2. The number of methoxy groups -OCH3 is 1. The van der Waals surface area contributed by atoms with Crippen molar-refractivity contribution in [3.63, 3.8) is 0 Å². The van der Waals surface area contributed by atoms with Gasteiger partial charge in [0.25, 0.3) is 0 Å². The summed E-state index contributed by atoms with van der Waals surface area (Å²) in [6.07, 6.45) is 4.78. The molecule has 0 spiro atoms. The van der Waals surface area contributed by atoms with E-state index in [1.165, 1.54) is 32.8 Å². The van der Waals surface area contributed by atoms with Crippen LogP contribution in [0.25, 0.3) is 0 Å². The maximum absolute atomic E-state index is 11.5. The van der Waals surface area contributed by atoms with Crippen molar-refractivity contribution in [2.75, 3.05) is 17.7 Å². The van der Waals surface area contributed by atoms with Crippen molar-refractivity contribution in [2.24, 2.45) is 0 Å². The number of nitrogens with one attached hydrogen (secondary N) is 2. The molecule has 0 bridgehead atoms. The van der Waals surface area contributed by atoms with Crippen LogP contribution in [-0.4, -0.2) is 29.1 Å². The molecule has 2 aliphatic carbocycles. The first-order chi connectivity index (χ1) is 11.7. The van der Waals surface area contributed by atoms with Gasteiger partial charge in [-0.05, 0) is 49.9 Å². The Bertz CT molecular complexity index is 752. The third kappa shape index (κ3) is 3.48. The Balaban J connectivity index is 1.54. The largest absolute Gasteiger partial charge is 0.465 e. The average molecular weight is 324 g/mol. The van der Waals surface area contributed by atoms with E-state index < -0.39 is 0 Å². The van der Waals surface area contributed by atoms with Gasteiger partial charge in [-0.2, -0.15) is 4.98 Å². The normalized spacial score (nSPS) is 16.5. The van der Waals surface area contributed by atoms with Crippen molar-refractivity contribution in [1.82, 2.24) is 9.97 Å². The molecule has 0 saturated heterocycles. The van der Waals surface area contributed by atoms with Gasteiger partial charge in [0.15, 0.2) is 0 Å². The smallest absolute Gasteiger partial charge is 0.337 e. The van der Waals surface area contributed by atoms with Gasteiger partial charge < -0.3 is 15.4 Å². The van der Waals surface area contributed by atoms with Gasteiger partial charge in [0.2, 0.25) is 5.95 Å². The molecule has 6 heteroatoms. The van der Waals surface area contributed by atoms with E-state index in [0.717, 1.165) is 17.2 Å². The van der Waals surface area contributed by atoms with Gasteiger partial charge in [-0.3, -0.25) is 0 Å². The number of ether oxygens (including phenoxy) is 1. The zero-order chi connectivity index (χ0) is 16.5. The lowest BCUT2D eigenvalue weighted by molar-refractivity contribution is 0.0601. The molecule has 1 aromatic heterocycles. The first-order valence-corrected chi connectivity index (χ1v) is 8.32. The zero-order valence-corrected chi connectivity index (χ0v) is 13.6. The predicted molar refractivity (Wildman–Crippen MR) is 91.7 cm³/mol. The van der Waals surface area contributed by atoms with Gasteiger partial charge in [0.05, 0.1) is 18.4 Å². The van der Waals surface area contributed by atoms with E-state index in [2.05, 4.69) is 20.6 Å². The van der Waals surface area contributed by atoms with E-state index in [9.17, 15) is 4.79 Å². The molecule has 24 heavy (non-hydrogen) atoms. The van der Waals surface area contributed by atoms with Crippen LogP contribution >= 0.6 is 0 Å².